The summed E-state index contributed by atoms with van der Waals surface area (Å²) in [6.45, 7) is 16.6. The molecule has 2 amide bonds. The van der Waals surface area contributed by atoms with Crippen molar-refractivity contribution in [2.75, 3.05) is 26.3 Å². The average molecular weight is 739 g/mol. The van der Waals surface area contributed by atoms with Gasteiger partial charge in [0.2, 0.25) is 0 Å². The Morgan fingerprint density at radius 2 is 0.865 bits per heavy atom. The van der Waals surface area contributed by atoms with Crippen LogP contribution in [-0.4, -0.2) is 83.5 Å². The van der Waals surface area contributed by atoms with E-state index in [1.807, 2.05) is 41.5 Å². The zero-order valence-electron chi connectivity index (χ0n) is 34.7. The Labute approximate surface area is 317 Å². The fourth-order valence-corrected chi connectivity index (χ4v) is 6.79. The summed E-state index contributed by atoms with van der Waals surface area (Å²) in [4.78, 5) is 55.3. The monoisotopic (exact) mass is 739 g/mol. The lowest BCUT2D eigenvalue weighted by Crippen LogP contribution is -2.45. The largest absolute Gasteiger partial charge is 0.464 e. The van der Waals surface area contributed by atoms with Gasteiger partial charge in [-0.1, -0.05) is 104 Å². The van der Waals surface area contributed by atoms with Gasteiger partial charge in [0.05, 0.1) is 13.1 Å². The predicted octanol–water partition coefficient (Wildman–Crippen LogP) is 10.9. The number of carbonyl (C=O) groups excluding carboxylic acids is 4. The number of rotatable bonds is 4. The average Bonchev–Trinajstić information content (AvgIpc) is 3.04. The first-order valence-corrected chi connectivity index (χ1v) is 21.0. The highest BCUT2D eigenvalue weighted by molar-refractivity contribution is 5.70. The third-order valence-corrected chi connectivity index (χ3v) is 9.41. The molecule has 52 heavy (non-hydrogen) atoms. The molecule has 10 nitrogen and oxygen atoms in total. The number of amides is 2. The van der Waals surface area contributed by atoms with E-state index in [-0.39, 0.29) is 49.4 Å². The molecule has 0 aromatic carbocycles. The van der Waals surface area contributed by atoms with Gasteiger partial charge in [0, 0.05) is 24.9 Å². The van der Waals surface area contributed by atoms with E-state index >= 15 is 0 Å². The van der Waals surface area contributed by atoms with E-state index in [0.717, 1.165) is 128 Å². The van der Waals surface area contributed by atoms with Gasteiger partial charge >= 0.3 is 24.1 Å². The van der Waals surface area contributed by atoms with Crippen LogP contribution in [0.5, 0.6) is 0 Å². The summed E-state index contributed by atoms with van der Waals surface area (Å²) in [7, 11) is 0. The number of carbonyl (C=O) groups is 4. The highest BCUT2D eigenvalue weighted by Gasteiger charge is 2.29. The maximum atomic E-state index is 13.3. The second-order valence-corrected chi connectivity index (χ2v) is 16.7. The quantitative estimate of drug-likeness (QED) is 0.207. The minimum Gasteiger partial charge on any atom is -0.464 e. The van der Waals surface area contributed by atoms with Crippen LogP contribution in [0.1, 0.15) is 197 Å². The Morgan fingerprint density at radius 3 is 1.17 bits per heavy atom. The minimum absolute atomic E-state index is 0.0404. The molecular weight excluding hydrogens is 660 g/mol. The summed E-state index contributed by atoms with van der Waals surface area (Å²) in [6.07, 6.45) is 19.8. The Kier molecular flexibility index (Phi) is 24.8. The van der Waals surface area contributed by atoms with Crippen molar-refractivity contribution >= 4 is 24.1 Å². The second-order valence-electron chi connectivity index (χ2n) is 16.7. The summed E-state index contributed by atoms with van der Waals surface area (Å²) in [5.41, 5.74) is -1.20. The van der Waals surface area contributed by atoms with E-state index in [1.165, 1.54) is 0 Å². The van der Waals surface area contributed by atoms with Gasteiger partial charge in [0.15, 0.2) is 0 Å². The van der Waals surface area contributed by atoms with E-state index < -0.39 is 11.2 Å². The second kappa shape index (κ2) is 27.1. The number of ether oxygens (including phenoxy) is 4. The van der Waals surface area contributed by atoms with E-state index in [0.29, 0.717) is 25.9 Å². The first-order chi connectivity index (χ1) is 24.7. The molecule has 10 heteroatoms. The summed E-state index contributed by atoms with van der Waals surface area (Å²) in [5.74, 6) is -0.413. The summed E-state index contributed by atoms with van der Waals surface area (Å²) < 4.78 is 22.8. The highest BCUT2D eigenvalue weighted by Crippen LogP contribution is 2.22. The molecule has 0 aromatic heterocycles. The van der Waals surface area contributed by atoms with Crippen molar-refractivity contribution in [3.05, 3.63) is 0 Å². The third-order valence-electron chi connectivity index (χ3n) is 9.41. The normalized spacial score (nSPS) is 22.1. The van der Waals surface area contributed by atoms with Crippen LogP contribution in [-0.2, 0) is 28.5 Å². The van der Waals surface area contributed by atoms with Gasteiger partial charge < -0.3 is 28.7 Å². The van der Waals surface area contributed by atoms with Crippen molar-refractivity contribution in [3.8, 4) is 0 Å². The molecule has 2 atom stereocenters. The Bertz CT molecular complexity index is 911. The van der Waals surface area contributed by atoms with Crippen LogP contribution in [0.15, 0.2) is 0 Å². The van der Waals surface area contributed by atoms with Crippen LogP contribution in [0.4, 0.5) is 9.59 Å². The standard InChI is InChI=1S/C42H78N2O8/c1-9-25-35-27-21-17-13-11-15-19-24-30-38(46)50-34-32-44(40(48)52-42(6,7)8)36(26-10-2)28-22-18-14-12-16-20-23-29-37(45)49-33-31-43(35)39(47)51-41(3,4)5/h35-36H,9-34H2,1-8H3/t35-,36-/m0/s1. The first kappa shape index (κ1) is 47.5. The number of hydrogen-bond acceptors (Lipinski definition) is 8. The van der Waals surface area contributed by atoms with Crippen molar-refractivity contribution in [3.63, 3.8) is 0 Å². The lowest BCUT2D eigenvalue weighted by atomic mass is 10.0. The number of esters is 2. The molecule has 0 spiro atoms. The third kappa shape index (κ3) is 23.9. The summed E-state index contributed by atoms with van der Waals surface area (Å²) in [6, 6.07) is 0.0808. The Balaban J connectivity index is 2.87. The molecule has 1 heterocycles. The molecule has 304 valence electrons. The van der Waals surface area contributed by atoms with Crippen LogP contribution >= 0.6 is 0 Å². The smallest absolute Gasteiger partial charge is 0.410 e. The van der Waals surface area contributed by atoms with E-state index in [9.17, 15) is 19.2 Å². The first-order valence-electron chi connectivity index (χ1n) is 21.0. The van der Waals surface area contributed by atoms with Crippen LogP contribution < -0.4 is 0 Å². The Hall–Kier alpha value is -2.52. The van der Waals surface area contributed by atoms with Crippen molar-refractivity contribution in [1.29, 1.82) is 0 Å². The van der Waals surface area contributed by atoms with Gasteiger partial charge in [0.25, 0.3) is 0 Å². The SMILES string of the molecule is CCC[C@H]1CCCCCCCCCC(=O)OCCN(C(=O)OC(C)(C)C)[C@@H](CCC)CCCCCCCCCC(=O)OCCN1C(=O)OC(C)(C)C. The summed E-state index contributed by atoms with van der Waals surface area (Å²) >= 11 is 0. The van der Waals surface area contributed by atoms with Crippen LogP contribution in [0.2, 0.25) is 0 Å². The lowest BCUT2D eigenvalue weighted by molar-refractivity contribution is -0.145. The number of hydrogen-bond donors (Lipinski definition) is 0. The van der Waals surface area contributed by atoms with Gasteiger partial charge in [-0.05, 0) is 80.1 Å². The van der Waals surface area contributed by atoms with Crippen LogP contribution in [0.25, 0.3) is 0 Å². The van der Waals surface area contributed by atoms with Gasteiger partial charge in [-0.25, -0.2) is 9.59 Å². The molecule has 1 rings (SSSR count). The van der Waals surface area contributed by atoms with Gasteiger partial charge in [0.1, 0.15) is 24.4 Å². The lowest BCUT2D eigenvalue weighted by Gasteiger charge is -2.33. The highest BCUT2D eigenvalue weighted by atomic mass is 16.6. The minimum atomic E-state index is -0.602. The molecule has 0 unspecified atom stereocenters. The molecule has 0 aliphatic carbocycles. The Morgan fingerprint density at radius 1 is 0.558 bits per heavy atom. The molecule has 0 N–H and O–H groups in total. The maximum absolute atomic E-state index is 13.3. The fraction of sp³-hybridized carbons (Fsp3) is 0.905. The molecule has 1 saturated heterocycles. The van der Waals surface area contributed by atoms with E-state index in [4.69, 9.17) is 18.9 Å². The topological polar surface area (TPSA) is 112 Å². The van der Waals surface area contributed by atoms with Crippen molar-refractivity contribution in [2.24, 2.45) is 0 Å². The van der Waals surface area contributed by atoms with Crippen LogP contribution in [0.3, 0.4) is 0 Å². The fourth-order valence-electron chi connectivity index (χ4n) is 6.79. The van der Waals surface area contributed by atoms with E-state index in [2.05, 4.69) is 13.8 Å². The number of cyclic esters (lactones) is 2. The zero-order valence-corrected chi connectivity index (χ0v) is 34.7. The van der Waals surface area contributed by atoms with Gasteiger partial charge in [-0.15, -0.1) is 0 Å². The van der Waals surface area contributed by atoms with Gasteiger partial charge in [-0.3, -0.25) is 9.59 Å². The van der Waals surface area contributed by atoms with Gasteiger partial charge in [-0.2, -0.15) is 0 Å². The maximum Gasteiger partial charge on any atom is 0.410 e. The van der Waals surface area contributed by atoms with Crippen molar-refractivity contribution in [1.82, 2.24) is 9.80 Å². The van der Waals surface area contributed by atoms with E-state index in [1.54, 1.807) is 9.80 Å². The molecule has 1 aliphatic rings. The molecule has 0 saturated carbocycles. The zero-order chi connectivity index (χ0) is 38.8. The molecular formula is C42H78N2O8. The molecule has 0 radical (unpaired) electrons. The molecule has 0 aromatic rings. The van der Waals surface area contributed by atoms with Crippen molar-refractivity contribution in [2.45, 2.75) is 220 Å². The number of nitrogens with zero attached hydrogens (tertiary/aromatic N) is 2. The molecule has 1 fully saturated rings. The van der Waals surface area contributed by atoms with Crippen molar-refractivity contribution < 1.29 is 38.1 Å². The van der Waals surface area contributed by atoms with Crippen LogP contribution in [0, 0.1) is 0 Å². The summed E-state index contributed by atoms with van der Waals surface area (Å²) in [5, 5.41) is 0. The molecule has 1 aliphatic heterocycles. The molecule has 0 bridgehead atoms. The predicted molar refractivity (Wildman–Crippen MR) is 208 cm³/mol.